The maximum Gasteiger partial charge on any atom is 0.147 e. The molecule has 1 aromatic rings. The molecule has 0 bridgehead atoms. The highest BCUT2D eigenvalue weighted by Gasteiger charge is 2.36. The quantitative estimate of drug-likeness (QED) is 0.565. The molecule has 0 N–H and O–H groups in total. The van der Waals surface area contributed by atoms with E-state index in [1.807, 2.05) is 6.08 Å². The first-order chi connectivity index (χ1) is 14.5. The number of hydrogen-bond donors (Lipinski definition) is 0. The number of hydrogen-bond acceptors (Lipinski definition) is 3. The van der Waals surface area contributed by atoms with Crippen molar-refractivity contribution in [2.75, 3.05) is 43.0 Å². The SMILES string of the molecule is C=CC(CCCC)C1=CN2c3c(cc(F)c(N4CCN(C)CC4)c3CCC2C)C1=C. The summed E-state index contributed by atoms with van der Waals surface area (Å²) >= 11 is 0. The second-order valence-corrected chi connectivity index (χ2v) is 9.21. The van der Waals surface area contributed by atoms with E-state index in [9.17, 15) is 0 Å². The van der Waals surface area contributed by atoms with Gasteiger partial charge in [0.15, 0.2) is 0 Å². The number of likely N-dealkylation sites (N-methyl/N-ethyl adjacent to an activating group) is 1. The molecule has 4 rings (SSSR count). The standard InChI is InChI=1S/C26H36FN3/c1-6-8-9-20(7-2)23-17-30-18(3)10-11-21-25(30)22(19(23)4)16-24(27)26(21)29-14-12-28(5)13-15-29/h7,16-18,20H,2,4,6,8-15H2,1,3,5H3. The molecule has 0 aromatic heterocycles. The van der Waals surface area contributed by atoms with Gasteiger partial charge in [-0.1, -0.05) is 32.4 Å². The summed E-state index contributed by atoms with van der Waals surface area (Å²) < 4.78 is 15.6. The van der Waals surface area contributed by atoms with E-state index in [4.69, 9.17) is 0 Å². The lowest BCUT2D eigenvalue weighted by Crippen LogP contribution is -2.46. The summed E-state index contributed by atoms with van der Waals surface area (Å²) in [6, 6.07) is 2.16. The number of unbranched alkanes of at least 4 members (excludes halogenated alkanes) is 1. The first kappa shape index (κ1) is 21.2. The molecule has 0 aliphatic carbocycles. The van der Waals surface area contributed by atoms with Crippen molar-refractivity contribution >= 4 is 16.9 Å². The summed E-state index contributed by atoms with van der Waals surface area (Å²) in [6.07, 6.45) is 9.70. The molecule has 1 aromatic carbocycles. The average Bonchev–Trinajstić information content (AvgIpc) is 2.74. The lowest BCUT2D eigenvalue weighted by atomic mass is 9.80. The minimum Gasteiger partial charge on any atom is -0.366 e. The van der Waals surface area contributed by atoms with Crippen LogP contribution < -0.4 is 9.80 Å². The summed E-state index contributed by atoms with van der Waals surface area (Å²) in [5, 5.41) is 0. The molecule has 3 aliphatic rings. The molecule has 0 saturated carbocycles. The molecule has 3 aliphatic heterocycles. The Balaban J connectivity index is 1.79. The van der Waals surface area contributed by atoms with E-state index in [1.165, 1.54) is 16.8 Å². The Morgan fingerprint density at radius 3 is 2.63 bits per heavy atom. The van der Waals surface area contributed by atoms with Gasteiger partial charge in [-0.2, -0.15) is 0 Å². The van der Waals surface area contributed by atoms with Gasteiger partial charge in [0.25, 0.3) is 0 Å². The lowest BCUT2D eigenvalue weighted by Gasteiger charge is -2.44. The van der Waals surface area contributed by atoms with Gasteiger partial charge in [-0.15, -0.1) is 6.58 Å². The number of anilines is 2. The highest BCUT2D eigenvalue weighted by Crippen LogP contribution is 2.49. The predicted octanol–water partition coefficient (Wildman–Crippen LogP) is 5.62. The maximum absolute atomic E-state index is 15.6. The zero-order valence-corrected chi connectivity index (χ0v) is 18.9. The molecule has 0 radical (unpaired) electrons. The number of allylic oxidation sites excluding steroid dienone is 3. The molecule has 1 saturated heterocycles. The summed E-state index contributed by atoms with van der Waals surface area (Å²) in [4.78, 5) is 6.98. The highest BCUT2D eigenvalue weighted by atomic mass is 19.1. The molecule has 162 valence electrons. The maximum atomic E-state index is 15.6. The van der Waals surface area contributed by atoms with Crippen molar-refractivity contribution in [2.24, 2.45) is 5.92 Å². The largest absolute Gasteiger partial charge is 0.366 e. The van der Waals surface area contributed by atoms with Gasteiger partial charge in [-0.25, -0.2) is 4.39 Å². The van der Waals surface area contributed by atoms with Crippen LogP contribution in [-0.4, -0.2) is 44.2 Å². The van der Waals surface area contributed by atoms with Crippen molar-refractivity contribution in [1.29, 1.82) is 0 Å². The van der Waals surface area contributed by atoms with Gasteiger partial charge in [0, 0.05) is 55.5 Å². The van der Waals surface area contributed by atoms with Crippen LogP contribution in [0.4, 0.5) is 15.8 Å². The number of halogens is 1. The Hall–Kier alpha value is -2.07. The average molecular weight is 410 g/mol. The van der Waals surface area contributed by atoms with Crippen molar-refractivity contribution in [1.82, 2.24) is 4.90 Å². The highest BCUT2D eigenvalue weighted by molar-refractivity contribution is 5.93. The number of benzene rings is 1. The second kappa shape index (κ2) is 8.58. The Morgan fingerprint density at radius 1 is 1.23 bits per heavy atom. The second-order valence-electron chi connectivity index (χ2n) is 9.21. The molecule has 3 heterocycles. The van der Waals surface area contributed by atoms with E-state index in [0.717, 1.165) is 75.1 Å². The fraction of sp³-hybridized carbons (Fsp3) is 0.538. The van der Waals surface area contributed by atoms with E-state index in [1.54, 1.807) is 6.07 Å². The minimum absolute atomic E-state index is 0.0890. The van der Waals surface area contributed by atoms with Crippen LogP contribution in [0.25, 0.3) is 5.57 Å². The Labute approximate surface area is 181 Å². The molecule has 1 fully saturated rings. The molecule has 0 spiro atoms. The normalized spacial score (nSPS) is 22.6. The third kappa shape index (κ3) is 3.60. The Bertz CT molecular complexity index is 864. The Kier molecular flexibility index (Phi) is 6.06. The van der Waals surface area contributed by atoms with Gasteiger partial charge in [0.05, 0.1) is 11.4 Å². The zero-order valence-electron chi connectivity index (χ0n) is 18.9. The summed E-state index contributed by atoms with van der Waals surface area (Å²) in [5.41, 5.74) is 6.35. The first-order valence-electron chi connectivity index (χ1n) is 11.6. The molecule has 3 nitrogen and oxygen atoms in total. The van der Waals surface area contributed by atoms with Crippen LogP contribution in [0.15, 0.2) is 37.1 Å². The third-order valence-corrected chi connectivity index (χ3v) is 7.19. The van der Waals surface area contributed by atoms with Crippen molar-refractivity contribution < 1.29 is 4.39 Å². The molecular formula is C26H36FN3. The van der Waals surface area contributed by atoms with E-state index < -0.39 is 0 Å². The van der Waals surface area contributed by atoms with Gasteiger partial charge in [-0.3, -0.25) is 0 Å². The minimum atomic E-state index is -0.0890. The van der Waals surface area contributed by atoms with E-state index >= 15 is 4.39 Å². The van der Waals surface area contributed by atoms with E-state index in [-0.39, 0.29) is 11.7 Å². The zero-order chi connectivity index (χ0) is 21.4. The van der Waals surface area contributed by atoms with Crippen LogP contribution in [0, 0.1) is 11.7 Å². The smallest absolute Gasteiger partial charge is 0.147 e. The molecule has 4 heteroatoms. The predicted molar refractivity (Wildman–Crippen MR) is 127 cm³/mol. The van der Waals surface area contributed by atoms with Crippen LogP contribution in [0.1, 0.15) is 50.7 Å². The monoisotopic (exact) mass is 409 g/mol. The molecule has 2 unspecified atom stereocenters. The van der Waals surface area contributed by atoms with Gasteiger partial charge in [0.1, 0.15) is 5.82 Å². The fourth-order valence-electron chi connectivity index (χ4n) is 5.25. The van der Waals surface area contributed by atoms with Gasteiger partial charge >= 0.3 is 0 Å². The first-order valence-corrected chi connectivity index (χ1v) is 11.6. The molecule has 0 amide bonds. The van der Waals surface area contributed by atoms with Gasteiger partial charge in [-0.05, 0) is 50.4 Å². The summed E-state index contributed by atoms with van der Waals surface area (Å²) in [5.74, 6) is 0.178. The summed E-state index contributed by atoms with van der Waals surface area (Å²) in [6.45, 7) is 16.7. The number of piperazine rings is 1. The Morgan fingerprint density at radius 2 is 1.97 bits per heavy atom. The van der Waals surface area contributed by atoms with Crippen molar-refractivity contribution in [3.63, 3.8) is 0 Å². The summed E-state index contributed by atoms with van der Waals surface area (Å²) in [7, 11) is 2.14. The van der Waals surface area contributed by atoms with Crippen LogP contribution in [0.2, 0.25) is 0 Å². The molecule has 2 atom stereocenters. The van der Waals surface area contributed by atoms with Gasteiger partial charge in [0.2, 0.25) is 0 Å². The van der Waals surface area contributed by atoms with Gasteiger partial charge < -0.3 is 14.7 Å². The third-order valence-electron chi connectivity index (χ3n) is 7.19. The topological polar surface area (TPSA) is 9.72 Å². The van der Waals surface area contributed by atoms with Crippen molar-refractivity contribution in [2.45, 2.75) is 52.0 Å². The number of nitrogens with zero attached hydrogens (tertiary/aromatic N) is 3. The molecule has 30 heavy (non-hydrogen) atoms. The van der Waals surface area contributed by atoms with E-state index in [2.05, 4.69) is 55.0 Å². The number of rotatable bonds is 6. The van der Waals surface area contributed by atoms with Crippen LogP contribution in [-0.2, 0) is 6.42 Å². The molecular weight excluding hydrogens is 373 g/mol. The van der Waals surface area contributed by atoms with Crippen molar-refractivity contribution in [3.05, 3.63) is 54.0 Å². The van der Waals surface area contributed by atoms with E-state index in [0.29, 0.717) is 6.04 Å². The lowest BCUT2D eigenvalue weighted by molar-refractivity contribution is 0.311. The van der Waals surface area contributed by atoms with Crippen molar-refractivity contribution in [3.8, 4) is 0 Å². The van der Waals surface area contributed by atoms with Crippen LogP contribution in [0.5, 0.6) is 0 Å². The van der Waals surface area contributed by atoms with Crippen LogP contribution >= 0.6 is 0 Å². The van der Waals surface area contributed by atoms with Crippen LogP contribution in [0.3, 0.4) is 0 Å². The fourth-order valence-corrected chi connectivity index (χ4v) is 5.25.